The van der Waals surface area contributed by atoms with Crippen LogP contribution in [0, 0.1) is 5.92 Å². The van der Waals surface area contributed by atoms with Crippen molar-refractivity contribution in [2.45, 2.75) is 19.8 Å². The van der Waals surface area contributed by atoms with E-state index in [1.165, 1.54) is 10.4 Å². The molecule has 1 nitrogen and oxygen atoms in total. The molecule has 1 heterocycles. The number of rotatable bonds is 7. The van der Waals surface area contributed by atoms with E-state index in [0.29, 0.717) is 5.92 Å². The van der Waals surface area contributed by atoms with Crippen molar-refractivity contribution < 1.29 is 0 Å². The number of benzene rings is 1. The third-order valence-corrected chi connectivity index (χ3v) is 4.42. The molecule has 1 atom stereocenters. The molecule has 1 aromatic carbocycles. The molecule has 0 saturated heterocycles. The number of hydrogen-bond donors (Lipinski definition) is 1. The summed E-state index contributed by atoms with van der Waals surface area (Å²) in [5.41, 5.74) is 1.41. The Kier molecular flexibility index (Phi) is 5.90. The fraction of sp³-hybridized carbons (Fsp3) is 0.375. The van der Waals surface area contributed by atoms with Crippen LogP contribution in [0.5, 0.6) is 0 Å². The quantitative estimate of drug-likeness (QED) is 0.797. The second-order valence-electron chi connectivity index (χ2n) is 4.77. The number of halogens is 1. The average Bonchev–Trinajstić information content (AvgIpc) is 2.82. The van der Waals surface area contributed by atoms with Gasteiger partial charge >= 0.3 is 0 Å². The molecule has 102 valence electrons. The molecule has 19 heavy (non-hydrogen) atoms. The van der Waals surface area contributed by atoms with Crippen LogP contribution in [-0.4, -0.2) is 13.1 Å². The largest absolute Gasteiger partial charge is 0.317 e. The molecule has 0 amide bonds. The van der Waals surface area contributed by atoms with Crippen LogP contribution in [0.1, 0.15) is 17.4 Å². The Morgan fingerprint density at radius 1 is 1.11 bits per heavy atom. The first kappa shape index (κ1) is 14.6. The highest BCUT2D eigenvalue weighted by atomic mass is 35.5. The minimum absolute atomic E-state index is 0.622. The predicted octanol–water partition coefficient (Wildman–Crippen LogP) is 4.41. The van der Waals surface area contributed by atoms with Gasteiger partial charge in [-0.3, -0.25) is 0 Å². The first-order valence-corrected chi connectivity index (χ1v) is 7.96. The Morgan fingerprint density at radius 3 is 2.53 bits per heavy atom. The van der Waals surface area contributed by atoms with Gasteiger partial charge in [-0.05, 0) is 49.5 Å². The lowest BCUT2D eigenvalue weighted by atomic mass is 9.95. The third kappa shape index (κ3) is 4.98. The lowest BCUT2D eigenvalue weighted by molar-refractivity contribution is 0.481. The Morgan fingerprint density at radius 2 is 1.89 bits per heavy atom. The summed E-state index contributed by atoms with van der Waals surface area (Å²) in [6.45, 7) is 4.24. The van der Waals surface area contributed by atoms with Crippen LogP contribution >= 0.6 is 22.9 Å². The molecule has 0 aliphatic rings. The molecule has 0 fully saturated rings. The van der Waals surface area contributed by atoms with E-state index >= 15 is 0 Å². The summed E-state index contributed by atoms with van der Waals surface area (Å²) in [4.78, 5) is 1.38. The van der Waals surface area contributed by atoms with Gasteiger partial charge in [0.15, 0.2) is 0 Å². The van der Waals surface area contributed by atoms with E-state index in [1.54, 1.807) is 11.3 Å². The van der Waals surface area contributed by atoms with Gasteiger partial charge in [0.2, 0.25) is 0 Å². The number of thiophene rings is 1. The van der Waals surface area contributed by atoms with Crippen LogP contribution in [-0.2, 0) is 12.8 Å². The molecule has 2 aromatic rings. The van der Waals surface area contributed by atoms with Crippen molar-refractivity contribution in [1.29, 1.82) is 0 Å². The Labute approximate surface area is 124 Å². The molecule has 2 rings (SSSR count). The minimum atomic E-state index is 0.622. The Bertz CT molecular complexity index is 481. The summed E-state index contributed by atoms with van der Waals surface area (Å²) >= 11 is 7.71. The van der Waals surface area contributed by atoms with Crippen molar-refractivity contribution in [2.75, 3.05) is 13.1 Å². The van der Waals surface area contributed by atoms with E-state index in [0.717, 1.165) is 30.3 Å². The van der Waals surface area contributed by atoms with Crippen molar-refractivity contribution in [2.24, 2.45) is 5.92 Å². The van der Waals surface area contributed by atoms with Crippen molar-refractivity contribution in [3.63, 3.8) is 0 Å². The summed E-state index contributed by atoms with van der Waals surface area (Å²) < 4.78 is 0.886. The molecule has 1 unspecified atom stereocenters. The summed E-state index contributed by atoms with van der Waals surface area (Å²) in [6, 6.07) is 14.9. The van der Waals surface area contributed by atoms with Crippen molar-refractivity contribution in [3.05, 3.63) is 57.2 Å². The van der Waals surface area contributed by atoms with Gasteiger partial charge in [-0.1, -0.05) is 48.9 Å². The van der Waals surface area contributed by atoms with Crippen LogP contribution in [0.2, 0.25) is 4.34 Å². The highest BCUT2D eigenvalue weighted by Crippen LogP contribution is 2.25. The van der Waals surface area contributed by atoms with E-state index in [1.807, 2.05) is 6.07 Å². The summed E-state index contributed by atoms with van der Waals surface area (Å²) in [5.74, 6) is 0.622. The third-order valence-electron chi connectivity index (χ3n) is 3.17. The number of hydrogen-bond acceptors (Lipinski definition) is 2. The van der Waals surface area contributed by atoms with Gasteiger partial charge in [-0.15, -0.1) is 11.3 Å². The summed E-state index contributed by atoms with van der Waals surface area (Å²) in [7, 11) is 0. The molecule has 0 saturated carbocycles. The van der Waals surface area contributed by atoms with E-state index < -0.39 is 0 Å². The molecule has 0 aliphatic heterocycles. The van der Waals surface area contributed by atoms with Crippen LogP contribution < -0.4 is 5.32 Å². The molecule has 0 bridgehead atoms. The van der Waals surface area contributed by atoms with Crippen molar-refractivity contribution in [1.82, 2.24) is 5.32 Å². The smallest absolute Gasteiger partial charge is 0.0931 e. The highest BCUT2D eigenvalue weighted by Gasteiger charge is 2.11. The maximum atomic E-state index is 6.01. The van der Waals surface area contributed by atoms with Crippen molar-refractivity contribution in [3.8, 4) is 0 Å². The topological polar surface area (TPSA) is 12.0 Å². The molecule has 1 aromatic heterocycles. The first-order chi connectivity index (χ1) is 9.28. The second-order valence-corrected chi connectivity index (χ2v) is 6.57. The monoisotopic (exact) mass is 293 g/mol. The number of nitrogens with one attached hydrogen (secondary N) is 1. The van der Waals surface area contributed by atoms with E-state index in [9.17, 15) is 0 Å². The zero-order valence-corrected chi connectivity index (χ0v) is 12.8. The zero-order valence-electron chi connectivity index (χ0n) is 11.2. The SMILES string of the molecule is CCNCC(Cc1ccccc1)Cc1ccc(Cl)s1. The predicted molar refractivity (Wildman–Crippen MR) is 85.2 cm³/mol. The Hall–Kier alpha value is -0.830. The van der Waals surface area contributed by atoms with Crippen molar-refractivity contribution >= 4 is 22.9 Å². The minimum Gasteiger partial charge on any atom is -0.317 e. The van der Waals surface area contributed by atoms with Gasteiger partial charge in [0.1, 0.15) is 0 Å². The molecular formula is C16H20ClNS. The normalized spacial score (nSPS) is 12.5. The lowest BCUT2D eigenvalue weighted by Gasteiger charge is -2.16. The summed E-state index contributed by atoms with van der Waals surface area (Å²) in [6.07, 6.45) is 2.21. The van der Waals surface area contributed by atoms with Gasteiger partial charge in [0, 0.05) is 4.88 Å². The van der Waals surface area contributed by atoms with Gasteiger partial charge in [-0.25, -0.2) is 0 Å². The maximum Gasteiger partial charge on any atom is 0.0931 e. The molecular weight excluding hydrogens is 274 g/mol. The zero-order chi connectivity index (χ0) is 13.5. The second kappa shape index (κ2) is 7.68. The lowest BCUT2D eigenvalue weighted by Crippen LogP contribution is -2.25. The first-order valence-electron chi connectivity index (χ1n) is 6.76. The van der Waals surface area contributed by atoms with E-state index in [4.69, 9.17) is 11.6 Å². The fourth-order valence-corrected chi connectivity index (χ4v) is 3.46. The standard InChI is InChI=1S/C16H20ClNS/c1-2-18-12-14(10-13-6-4-3-5-7-13)11-15-8-9-16(17)19-15/h3-9,14,18H,2,10-12H2,1H3. The highest BCUT2D eigenvalue weighted by molar-refractivity contribution is 7.16. The van der Waals surface area contributed by atoms with Gasteiger partial charge < -0.3 is 5.32 Å². The van der Waals surface area contributed by atoms with E-state index in [2.05, 4.69) is 48.6 Å². The van der Waals surface area contributed by atoms with E-state index in [-0.39, 0.29) is 0 Å². The molecule has 3 heteroatoms. The van der Waals surface area contributed by atoms with Crippen LogP contribution in [0.15, 0.2) is 42.5 Å². The maximum absolute atomic E-state index is 6.01. The van der Waals surface area contributed by atoms with Gasteiger partial charge in [-0.2, -0.15) is 0 Å². The molecule has 0 aliphatic carbocycles. The Balaban J connectivity index is 1.99. The fourth-order valence-electron chi connectivity index (χ4n) is 2.26. The average molecular weight is 294 g/mol. The summed E-state index contributed by atoms with van der Waals surface area (Å²) in [5, 5.41) is 3.47. The van der Waals surface area contributed by atoms with Gasteiger partial charge in [0.25, 0.3) is 0 Å². The van der Waals surface area contributed by atoms with Gasteiger partial charge in [0.05, 0.1) is 4.34 Å². The molecule has 0 spiro atoms. The molecule has 1 N–H and O–H groups in total. The van der Waals surface area contributed by atoms with Crippen LogP contribution in [0.25, 0.3) is 0 Å². The van der Waals surface area contributed by atoms with Crippen LogP contribution in [0.4, 0.5) is 0 Å². The van der Waals surface area contributed by atoms with Crippen LogP contribution in [0.3, 0.4) is 0 Å². The molecule has 0 radical (unpaired) electrons.